The summed E-state index contributed by atoms with van der Waals surface area (Å²) in [5.74, 6) is 0. The smallest absolute Gasteiger partial charge is 0.233 e. The first-order valence-electron chi connectivity index (χ1n) is 7.08. The van der Waals surface area contributed by atoms with E-state index >= 15 is 0 Å². The Bertz CT molecular complexity index is 535. The van der Waals surface area contributed by atoms with Crippen LogP contribution in [-0.4, -0.2) is 16.6 Å². The highest BCUT2D eigenvalue weighted by atomic mass is 16.6. The second kappa shape index (κ2) is 4.85. The molecule has 0 radical (unpaired) electrons. The Balaban J connectivity index is 2.46. The van der Waals surface area contributed by atoms with Crippen LogP contribution in [0.2, 0.25) is 0 Å². The Labute approximate surface area is 120 Å². The molecule has 0 saturated carbocycles. The molecule has 0 spiro atoms. The molecule has 1 aromatic carbocycles. The van der Waals surface area contributed by atoms with E-state index < -0.39 is 17.6 Å². The lowest BCUT2D eigenvalue weighted by atomic mass is 9.63. The maximum Gasteiger partial charge on any atom is 0.233 e. The van der Waals surface area contributed by atoms with Gasteiger partial charge in [-0.25, -0.2) is 0 Å². The molecule has 4 heteroatoms. The predicted octanol–water partition coefficient (Wildman–Crippen LogP) is 3.35. The van der Waals surface area contributed by atoms with Crippen LogP contribution >= 0.6 is 0 Å². The zero-order valence-corrected chi connectivity index (χ0v) is 12.6. The third-order valence-electron chi connectivity index (χ3n) is 4.58. The van der Waals surface area contributed by atoms with Crippen molar-refractivity contribution in [3.63, 3.8) is 0 Å². The third kappa shape index (κ3) is 2.70. The molecule has 1 atom stereocenters. The first-order chi connectivity index (χ1) is 9.13. The lowest BCUT2D eigenvalue weighted by Crippen LogP contribution is -2.34. The molecule has 0 aromatic heterocycles. The molecule has 20 heavy (non-hydrogen) atoms. The average molecular weight is 277 g/mol. The van der Waals surface area contributed by atoms with Crippen LogP contribution in [0, 0.1) is 10.1 Å². The van der Waals surface area contributed by atoms with Gasteiger partial charge < -0.3 is 5.11 Å². The average Bonchev–Trinajstić information content (AvgIpc) is 2.34. The molecule has 0 saturated heterocycles. The highest BCUT2D eigenvalue weighted by Crippen LogP contribution is 2.46. The normalized spacial score (nSPS) is 21.1. The highest BCUT2D eigenvalue weighted by Gasteiger charge is 2.37. The number of aliphatic hydroxyl groups is 1. The molecule has 4 nitrogen and oxygen atoms in total. The summed E-state index contributed by atoms with van der Waals surface area (Å²) in [4.78, 5) is 10.1. The Morgan fingerprint density at radius 3 is 2.30 bits per heavy atom. The second-order valence-corrected chi connectivity index (χ2v) is 7.10. The number of aliphatic hydroxyl groups excluding tert-OH is 1. The zero-order chi connectivity index (χ0) is 15.1. The van der Waals surface area contributed by atoms with E-state index in [2.05, 4.69) is 27.7 Å². The van der Waals surface area contributed by atoms with Crippen molar-refractivity contribution in [1.29, 1.82) is 0 Å². The number of nitro groups is 1. The van der Waals surface area contributed by atoms with E-state index in [9.17, 15) is 15.2 Å². The monoisotopic (exact) mass is 277 g/mol. The minimum absolute atomic E-state index is 0.0508. The van der Waals surface area contributed by atoms with Gasteiger partial charge in [0, 0.05) is 4.92 Å². The van der Waals surface area contributed by atoms with Crippen molar-refractivity contribution in [3.05, 3.63) is 45.0 Å². The fraction of sp³-hybridized carbons (Fsp3) is 0.625. The van der Waals surface area contributed by atoms with Gasteiger partial charge in [0.25, 0.3) is 0 Å². The van der Waals surface area contributed by atoms with E-state index in [1.807, 2.05) is 18.2 Å². The SMILES string of the molecule is CC1(C)CCC(C)(C)c2cc(C(O)C[N+](=O)[O-])ccc21. The fourth-order valence-corrected chi connectivity index (χ4v) is 3.06. The summed E-state index contributed by atoms with van der Waals surface area (Å²) in [7, 11) is 0. The molecule has 1 aromatic rings. The van der Waals surface area contributed by atoms with Crippen molar-refractivity contribution >= 4 is 0 Å². The van der Waals surface area contributed by atoms with E-state index in [-0.39, 0.29) is 10.8 Å². The van der Waals surface area contributed by atoms with Gasteiger partial charge in [0.1, 0.15) is 6.10 Å². The number of fused-ring (bicyclic) bond motifs is 1. The highest BCUT2D eigenvalue weighted by molar-refractivity contribution is 5.44. The van der Waals surface area contributed by atoms with Gasteiger partial charge in [-0.05, 0) is 40.4 Å². The number of hydrogen-bond donors (Lipinski definition) is 1. The standard InChI is InChI=1S/C16H23NO3/c1-15(2)7-8-16(3,4)13-9-11(5-6-12(13)15)14(18)10-17(19)20/h5-6,9,14,18H,7-8,10H2,1-4H3. The Hall–Kier alpha value is -1.42. The molecule has 1 aliphatic rings. The van der Waals surface area contributed by atoms with Gasteiger partial charge in [0.05, 0.1) is 0 Å². The molecule has 1 aliphatic carbocycles. The molecular weight excluding hydrogens is 254 g/mol. The Kier molecular flexibility index (Phi) is 3.63. The Morgan fingerprint density at radius 1 is 1.20 bits per heavy atom. The quantitative estimate of drug-likeness (QED) is 0.680. The van der Waals surface area contributed by atoms with Crippen molar-refractivity contribution in [2.75, 3.05) is 6.54 Å². The molecule has 1 N–H and O–H groups in total. The van der Waals surface area contributed by atoms with Gasteiger partial charge in [0.2, 0.25) is 6.54 Å². The second-order valence-electron chi connectivity index (χ2n) is 7.10. The summed E-state index contributed by atoms with van der Waals surface area (Å²) in [6.07, 6.45) is 1.18. The first-order valence-corrected chi connectivity index (χ1v) is 7.08. The van der Waals surface area contributed by atoms with Gasteiger partial charge in [-0.15, -0.1) is 0 Å². The molecular formula is C16H23NO3. The maximum absolute atomic E-state index is 10.5. The van der Waals surface area contributed by atoms with E-state index in [0.29, 0.717) is 5.56 Å². The zero-order valence-electron chi connectivity index (χ0n) is 12.6. The summed E-state index contributed by atoms with van der Waals surface area (Å²) in [5.41, 5.74) is 3.33. The van der Waals surface area contributed by atoms with E-state index in [0.717, 1.165) is 12.8 Å². The fourth-order valence-electron chi connectivity index (χ4n) is 3.06. The first kappa shape index (κ1) is 15.0. The predicted molar refractivity (Wildman–Crippen MR) is 78.5 cm³/mol. The van der Waals surface area contributed by atoms with E-state index in [1.54, 1.807) is 0 Å². The van der Waals surface area contributed by atoms with E-state index in [1.165, 1.54) is 11.1 Å². The Morgan fingerprint density at radius 2 is 1.75 bits per heavy atom. The van der Waals surface area contributed by atoms with Crippen molar-refractivity contribution in [2.24, 2.45) is 0 Å². The largest absolute Gasteiger partial charge is 0.382 e. The van der Waals surface area contributed by atoms with Gasteiger partial charge in [-0.2, -0.15) is 0 Å². The van der Waals surface area contributed by atoms with Gasteiger partial charge >= 0.3 is 0 Å². The third-order valence-corrected chi connectivity index (χ3v) is 4.58. The topological polar surface area (TPSA) is 63.4 Å². The summed E-state index contributed by atoms with van der Waals surface area (Å²) in [5, 5.41) is 20.5. The molecule has 1 unspecified atom stereocenters. The van der Waals surface area contributed by atoms with Crippen LogP contribution in [0.15, 0.2) is 18.2 Å². The lowest BCUT2D eigenvalue weighted by Gasteiger charge is -2.42. The lowest BCUT2D eigenvalue weighted by molar-refractivity contribution is -0.491. The molecule has 0 amide bonds. The number of nitrogens with zero attached hydrogens (tertiary/aromatic N) is 1. The molecule has 0 fully saturated rings. The van der Waals surface area contributed by atoms with Crippen LogP contribution in [0.4, 0.5) is 0 Å². The maximum atomic E-state index is 10.5. The summed E-state index contributed by atoms with van der Waals surface area (Å²) >= 11 is 0. The van der Waals surface area contributed by atoms with Crippen molar-refractivity contribution in [1.82, 2.24) is 0 Å². The molecule has 0 heterocycles. The molecule has 2 rings (SSSR count). The van der Waals surface area contributed by atoms with Gasteiger partial charge in [0.15, 0.2) is 0 Å². The van der Waals surface area contributed by atoms with E-state index in [4.69, 9.17) is 0 Å². The van der Waals surface area contributed by atoms with Crippen LogP contribution < -0.4 is 0 Å². The van der Waals surface area contributed by atoms with Crippen molar-refractivity contribution in [2.45, 2.75) is 57.5 Å². The summed E-state index contributed by atoms with van der Waals surface area (Å²) in [6.45, 7) is 8.42. The van der Waals surface area contributed by atoms with Crippen LogP contribution in [0.3, 0.4) is 0 Å². The minimum atomic E-state index is -1.03. The van der Waals surface area contributed by atoms with Crippen LogP contribution in [0.5, 0.6) is 0 Å². The molecule has 110 valence electrons. The van der Waals surface area contributed by atoms with Crippen LogP contribution in [0.1, 0.15) is 63.3 Å². The summed E-state index contributed by atoms with van der Waals surface area (Å²) in [6, 6.07) is 5.83. The van der Waals surface area contributed by atoms with Gasteiger partial charge in [-0.3, -0.25) is 10.1 Å². The number of rotatable bonds is 3. The number of hydrogen-bond acceptors (Lipinski definition) is 3. The van der Waals surface area contributed by atoms with Crippen LogP contribution in [-0.2, 0) is 10.8 Å². The number of benzene rings is 1. The molecule has 0 aliphatic heterocycles. The minimum Gasteiger partial charge on any atom is -0.382 e. The van der Waals surface area contributed by atoms with Crippen molar-refractivity contribution < 1.29 is 10.0 Å². The summed E-state index contributed by atoms with van der Waals surface area (Å²) < 4.78 is 0. The van der Waals surface area contributed by atoms with Crippen LogP contribution in [0.25, 0.3) is 0 Å². The van der Waals surface area contributed by atoms with Gasteiger partial charge in [-0.1, -0.05) is 45.9 Å². The van der Waals surface area contributed by atoms with Crippen molar-refractivity contribution in [3.8, 4) is 0 Å². The molecule has 0 bridgehead atoms.